The van der Waals surface area contributed by atoms with Crippen molar-refractivity contribution in [2.24, 2.45) is 0 Å². The first-order valence-electron chi connectivity index (χ1n) is 18.6. The average molecular weight is 705 g/mol. The van der Waals surface area contributed by atoms with Gasteiger partial charge < -0.3 is 32.8 Å². The minimum Gasteiger partial charge on any atom is -0.756 e. The highest BCUT2D eigenvalue weighted by molar-refractivity contribution is 7.45. The van der Waals surface area contributed by atoms with Crippen molar-refractivity contribution in [3.63, 3.8) is 0 Å². The number of hydrogen-bond donors (Lipinski definition) is 0. The summed E-state index contributed by atoms with van der Waals surface area (Å²) in [4.78, 5) is 27.7. The van der Waals surface area contributed by atoms with Crippen LogP contribution in [-0.4, -0.2) is 75.6 Å². The van der Waals surface area contributed by atoms with Crippen LogP contribution < -0.4 is 4.89 Å². The largest absolute Gasteiger partial charge is 0.756 e. The lowest BCUT2D eigenvalue weighted by Crippen LogP contribution is -2.41. The molecule has 0 aliphatic carbocycles. The van der Waals surface area contributed by atoms with E-state index in [0.29, 0.717) is 17.6 Å². The van der Waals surface area contributed by atoms with Gasteiger partial charge in [-0.05, 0) is 17.5 Å². The van der Waals surface area contributed by atoms with Gasteiger partial charge in [0, 0.05) is 13.2 Å². The van der Waals surface area contributed by atoms with Crippen LogP contribution >= 0.6 is 7.82 Å². The minimum atomic E-state index is -4.68. The number of nitrogens with zero attached hydrogens (tertiary/aromatic N) is 2. The third-order valence-corrected chi connectivity index (χ3v) is 9.39. The SMILES string of the molecule is CCCCCCCCCCCCCCCCOCC(CN(Cc1ccccc1)C(=O)OCc1ccccc1)OP(=O)([O-])OCC[N+](C)(C)C. The van der Waals surface area contributed by atoms with Crippen molar-refractivity contribution in [3.8, 4) is 0 Å². The van der Waals surface area contributed by atoms with Crippen LogP contribution in [-0.2, 0) is 36.2 Å². The first-order valence-corrected chi connectivity index (χ1v) is 20.1. The molecule has 2 aromatic carbocycles. The average Bonchev–Trinajstić information content (AvgIpc) is 3.06. The fraction of sp³-hybridized carbons (Fsp3) is 0.667. The summed E-state index contributed by atoms with van der Waals surface area (Å²) in [6.07, 6.45) is 16.3. The molecule has 2 unspecified atom stereocenters. The Morgan fingerprint density at radius 3 is 1.80 bits per heavy atom. The predicted octanol–water partition coefficient (Wildman–Crippen LogP) is 8.90. The smallest absolute Gasteiger partial charge is 0.410 e. The zero-order chi connectivity index (χ0) is 35.6. The third-order valence-electron chi connectivity index (χ3n) is 8.34. The molecule has 0 fully saturated rings. The number of quaternary nitrogens is 1. The van der Waals surface area contributed by atoms with Crippen LogP contribution in [0.25, 0.3) is 0 Å². The van der Waals surface area contributed by atoms with Crippen molar-refractivity contribution in [1.82, 2.24) is 4.90 Å². The summed E-state index contributed by atoms with van der Waals surface area (Å²) >= 11 is 0. The van der Waals surface area contributed by atoms with Gasteiger partial charge in [-0.1, -0.05) is 151 Å². The van der Waals surface area contributed by atoms with Crippen molar-refractivity contribution in [2.75, 3.05) is 54.1 Å². The summed E-state index contributed by atoms with van der Waals surface area (Å²) in [5, 5.41) is 0. The maximum absolute atomic E-state index is 13.4. The van der Waals surface area contributed by atoms with Crippen LogP contribution in [0.4, 0.5) is 4.79 Å². The lowest BCUT2D eigenvalue weighted by atomic mass is 10.0. The number of unbranched alkanes of at least 4 members (excludes halogenated alkanes) is 13. The summed E-state index contributed by atoms with van der Waals surface area (Å²) in [6.45, 7) is 3.50. The van der Waals surface area contributed by atoms with E-state index < -0.39 is 20.0 Å². The monoisotopic (exact) mass is 704 g/mol. The van der Waals surface area contributed by atoms with Crippen molar-refractivity contribution in [1.29, 1.82) is 0 Å². The third kappa shape index (κ3) is 23.0. The van der Waals surface area contributed by atoms with Gasteiger partial charge in [0.05, 0.1) is 34.3 Å². The van der Waals surface area contributed by atoms with Gasteiger partial charge in [-0.25, -0.2) is 4.79 Å². The van der Waals surface area contributed by atoms with E-state index in [4.69, 9.17) is 18.5 Å². The van der Waals surface area contributed by atoms with E-state index in [1.807, 2.05) is 81.8 Å². The molecule has 278 valence electrons. The minimum absolute atomic E-state index is 0.000618. The highest BCUT2D eigenvalue weighted by Crippen LogP contribution is 2.40. The summed E-state index contributed by atoms with van der Waals surface area (Å²) in [7, 11) is 1.19. The Hall–Kier alpha value is -2.26. The van der Waals surface area contributed by atoms with E-state index in [1.165, 1.54) is 75.5 Å². The van der Waals surface area contributed by atoms with E-state index >= 15 is 0 Å². The van der Waals surface area contributed by atoms with Crippen LogP contribution in [0.2, 0.25) is 0 Å². The van der Waals surface area contributed by atoms with Gasteiger partial charge >= 0.3 is 6.09 Å². The molecule has 0 N–H and O–H groups in total. The van der Waals surface area contributed by atoms with Crippen LogP contribution in [0.3, 0.4) is 0 Å². The normalized spacial score (nSPS) is 13.6. The zero-order valence-electron chi connectivity index (χ0n) is 30.9. The second-order valence-corrected chi connectivity index (χ2v) is 15.5. The lowest BCUT2D eigenvalue weighted by Gasteiger charge is -2.32. The number of amides is 1. The maximum Gasteiger partial charge on any atom is 0.410 e. The zero-order valence-corrected chi connectivity index (χ0v) is 31.8. The molecule has 0 aromatic heterocycles. The van der Waals surface area contributed by atoms with Crippen LogP contribution in [0.1, 0.15) is 108 Å². The van der Waals surface area contributed by atoms with E-state index in [0.717, 1.165) is 30.4 Å². The topological polar surface area (TPSA) is 97.4 Å². The quantitative estimate of drug-likeness (QED) is 0.0474. The van der Waals surface area contributed by atoms with Gasteiger partial charge in [-0.2, -0.15) is 0 Å². The standard InChI is InChI=1S/C39H65N2O7P/c1-5-6-7-8-9-10-11-12-13-14-15-16-17-24-30-45-35-38(48-49(43,44)47-31-29-41(2,3)4)33-40(32-36-25-20-18-21-26-36)39(42)46-34-37-27-22-19-23-28-37/h18-23,25-28,38H,5-17,24,29-35H2,1-4H3. The highest BCUT2D eigenvalue weighted by Gasteiger charge is 2.26. The molecular formula is C39H65N2O7P. The van der Waals surface area contributed by atoms with E-state index in [-0.39, 0.29) is 32.9 Å². The first kappa shape index (κ1) is 42.9. The van der Waals surface area contributed by atoms with E-state index in [2.05, 4.69) is 6.92 Å². The number of likely N-dealkylation sites (N-methyl/N-ethyl adjacent to an activating group) is 1. The van der Waals surface area contributed by atoms with E-state index in [1.54, 1.807) is 0 Å². The molecule has 0 saturated carbocycles. The van der Waals surface area contributed by atoms with Crippen LogP contribution in [0, 0.1) is 0 Å². The Morgan fingerprint density at radius 2 is 1.27 bits per heavy atom. The van der Waals surface area contributed by atoms with Gasteiger partial charge in [0.15, 0.2) is 0 Å². The molecule has 0 aliphatic rings. The molecule has 0 spiro atoms. The molecule has 1 amide bonds. The number of phosphoric acid groups is 1. The number of phosphoric ester groups is 1. The van der Waals surface area contributed by atoms with Crippen LogP contribution in [0.15, 0.2) is 60.7 Å². The van der Waals surface area contributed by atoms with Crippen LogP contribution in [0.5, 0.6) is 0 Å². The molecule has 2 atom stereocenters. The van der Waals surface area contributed by atoms with Gasteiger partial charge in [0.2, 0.25) is 0 Å². The number of rotatable bonds is 29. The lowest BCUT2D eigenvalue weighted by molar-refractivity contribution is -0.870. The van der Waals surface area contributed by atoms with Crippen molar-refractivity contribution < 1.29 is 37.3 Å². The molecule has 9 nitrogen and oxygen atoms in total. The molecule has 49 heavy (non-hydrogen) atoms. The molecule has 2 rings (SSSR count). The molecular weight excluding hydrogens is 639 g/mol. The molecule has 0 heterocycles. The number of ether oxygens (including phenoxy) is 2. The molecule has 0 radical (unpaired) electrons. The van der Waals surface area contributed by atoms with Crippen molar-refractivity contribution in [2.45, 2.75) is 116 Å². The molecule has 10 heteroatoms. The summed E-state index contributed by atoms with van der Waals surface area (Å²) < 4.78 is 35.8. The molecule has 0 bridgehead atoms. The Balaban J connectivity index is 1.87. The van der Waals surface area contributed by atoms with Crippen molar-refractivity contribution >= 4 is 13.9 Å². The van der Waals surface area contributed by atoms with E-state index in [9.17, 15) is 14.3 Å². The fourth-order valence-electron chi connectivity index (χ4n) is 5.43. The first-order chi connectivity index (χ1) is 23.6. The molecule has 0 saturated heterocycles. The Bertz CT molecular complexity index is 1150. The summed E-state index contributed by atoms with van der Waals surface area (Å²) in [5.41, 5.74) is 1.74. The Morgan fingerprint density at radius 1 is 0.755 bits per heavy atom. The fourth-order valence-corrected chi connectivity index (χ4v) is 6.29. The van der Waals surface area contributed by atoms with Gasteiger partial charge in [0.1, 0.15) is 25.9 Å². The van der Waals surface area contributed by atoms with Crippen molar-refractivity contribution in [3.05, 3.63) is 71.8 Å². The van der Waals surface area contributed by atoms with Gasteiger partial charge in [0.25, 0.3) is 7.82 Å². The number of carbonyl (C=O) groups is 1. The molecule has 0 aliphatic heterocycles. The second kappa shape index (κ2) is 25.7. The summed E-state index contributed by atoms with van der Waals surface area (Å²) in [5.74, 6) is 0. The second-order valence-electron chi connectivity index (χ2n) is 14.1. The number of hydrogen-bond acceptors (Lipinski definition) is 7. The predicted molar refractivity (Wildman–Crippen MR) is 196 cm³/mol. The number of benzene rings is 2. The summed E-state index contributed by atoms with van der Waals surface area (Å²) in [6, 6.07) is 18.9. The Kier molecular flexibility index (Phi) is 22.5. The van der Waals surface area contributed by atoms with Gasteiger partial charge in [-0.3, -0.25) is 4.57 Å². The Labute approximate surface area is 297 Å². The highest BCUT2D eigenvalue weighted by atomic mass is 31.2. The molecule has 2 aromatic rings. The maximum atomic E-state index is 13.4. The van der Waals surface area contributed by atoms with Gasteiger partial charge in [-0.15, -0.1) is 0 Å². The number of carbonyl (C=O) groups excluding carboxylic acids is 1.